The van der Waals surface area contributed by atoms with Crippen LogP contribution < -0.4 is 9.62 Å². The summed E-state index contributed by atoms with van der Waals surface area (Å²) >= 11 is 12.5. The topological polar surface area (TPSA) is 86.8 Å². The molecule has 0 saturated heterocycles. The molecule has 0 radical (unpaired) electrons. The van der Waals surface area contributed by atoms with E-state index in [2.05, 4.69) is 5.32 Å². The fourth-order valence-corrected chi connectivity index (χ4v) is 6.40. The van der Waals surface area contributed by atoms with Crippen LogP contribution in [-0.4, -0.2) is 44.8 Å². The summed E-state index contributed by atoms with van der Waals surface area (Å²) < 4.78 is 29.2. The average Bonchev–Trinajstić information content (AvgIpc) is 3.00. The van der Waals surface area contributed by atoms with E-state index in [1.165, 1.54) is 36.2 Å². The SMILES string of the molecule is CNC(=O)C(Cc1ccccc1)N(Cc1ccccc1Cl)C(=O)CN(c1ccc(C)c(C)c1)S(=O)(=O)c1ccc(Cl)cc1. The Kier molecular flexibility index (Phi) is 10.5. The average molecular weight is 639 g/mol. The molecule has 0 bridgehead atoms. The summed E-state index contributed by atoms with van der Waals surface area (Å²) in [6.07, 6.45) is 0.213. The fraction of sp³-hybridized carbons (Fsp3) is 0.212. The van der Waals surface area contributed by atoms with Crippen LogP contribution in [0, 0.1) is 13.8 Å². The summed E-state index contributed by atoms with van der Waals surface area (Å²) in [6.45, 7) is 3.23. The molecule has 10 heteroatoms. The first kappa shape index (κ1) is 32.1. The summed E-state index contributed by atoms with van der Waals surface area (Å²) in [5, 5.41) is 3.48. The lowest BCUT2D eigenvalue weighted by atomic mass is 10.0. The minimum Gasteiger partial charge on any atom is -0.357 e. The van der Waals surface area contributed by atoms with Gasteiger partial charge in [0.15, 0.2) is 0 Å². The molecule has 0 saturated carbocycles. The van der Waals surface area contributed by atoms with Crippen molar-refractivity contribution >= 4 is 50.7 Å². The number of sulfonamides is 1. The number of anilines is 1. The van der Waals surface area contributed by atoms with Crippen LogP contribution in [0.5, 0.6) is 0 Å². The zero-order valence-electron chi connectivity index (χ0n) is 24.1. The summed E-state index contributed by atoms with van der Waals surface area (Å²) in [6, 6.07) is 26.4. The molecular formula is C33H33Cl2N3O4S. The number of hydrogen-bond acceptors (Lipinski definition) is 4. The van der Waals surface area contributed by atoms with Gasteiger partial charge in [-0.1, -0.05) is 77.8 Å². The molecule has 224 valence electrons. The molecule has 2 amide bonds. The van der Waals surface area contributed by atoms with Gasteiger partial charge in [-0.05, 0) is 78.6 Å². The van der Waals surface area contributed by atoms with Gasteiger partial charge in [-0.2, -0.15) is 0 Å². The maximum Gasteiger partial charge on any atom is 0.264 e. The molecule has 0 aromatic heterocycles. The highest BCUT2D eigenvalue weighted by Crippen LogP contribution is 2.28. The first-order chi connectivity index (χ1) is 20.5. The van der Waals surface area contributed by atoms with Gasteiger partial charge < -0.3 is 10.2 Å². The zero-order valence-corrected chi connectivity index (χ0v) is 26.5. The largest absolute Gasteiger partial charge is 0.357 e. The van der Waals surface area contributed by atoms with Crippen LogP contribution in [0.2, 0.25) is 10.0 Å². The molecule has 43 heavy (non-hydrogen) atoms. The van der Waals surface area contributed by atoms with Gasteiger partial charge in [0.1, 0.15) is 12.6 Å². The van der Waals surface area contributed by atoms with E-state index in [9.17, 15) is 18.0 Å². The molecular weight excluding hydrogens is 605 g/mol. The third-order valence-corrected chi connectivity index (χ3v) is 9.68. The van der Waals surface area contributed by atoms with Crippen molar-refractivity contribution in [3.8, 4) is 0 Å². The van der Waals surface area contributed by atoms with Crippen molar-refractivity contribution in [1.82, 2.24) is 10.2 Å². The van der Waals surface area contributed by atoms with Crippen molar-refractivity contribution in [3.05, 3.63) is 129 Å². The molecule has 0 aliphatic heterocycles. The second-order valence-corrected chi connectivity index (χ2v) is 12.9. The highest BCUT2D eigenvalue weighted by molar-refractivity contribution is 7.92. The minimum atomic E-state index is -4.22. The number of halogens is 2. The second kappa shape index (κ2) is 14.1. The summed E-state index contributed by atoms with van der Waals surface area (Å²) in [4.78, 5) is 29.1. The van der Waals surface area contributed by atoms with E-state index in [0.717, 1.165) is 21.0 Å². The number of amides is 2. The standard InChI is InChI=1S/C33H33Cl2N3O4S/c1-23-13-16-28(19-24(23)2)38(43(41,42)29-17-14-27(34)15-18-29)22-32(39)37(21-26-11-7-8-12-30(26)35)31(33(40)36-3)20-25-9-5-4-6-10-25/h4-19,31H,20-22H2,1-3H3,(H,36,40). The number of hydrogen-bond donors (Lipinski definition) is 1. The molecule has 1 N–H and O–H groups in total. The summed E-state index contributed by atoms with van der Waals surface area (Å²) in [5.41, 5.74) is 3.62. The smallest absolute Gasteiger partial charge is 0.264 e. The Bertz CT molecular complexity index is 1700. The van der Waals surface area contributed by atoms with Gasteiger partial charge in [0.2, 0.25) is 11.8 Å². The van der Waals surface area contributed by atoms with Gasteiger partial charge in [-0.3, -0.25) is 13.9 Å². The maximum atomic E-state index is 14.4. The van der Waals surface area contributed by atoms with Crippen molar-refractivity contribution < 1.29 is 18.0 Å². The summed E-state index contributed by atoms with van der Waals surface area (Å²) in [7, 11) is -2.72. The van der Waals surface area contributed by atoms with Crippen molar-refractivity contribution in [2.45, 2.75) is 37.8 Å². The van der Waals surface area contributed by atoms with Gasteiger partial charge in [0.25, 0.3) is 10.0 Å². The minimum absolute atomic E-state index is 0.00874. The number of nitrogens with one attached hydrogen (secondary N) is 1. The van der Waals surface area contributed by atoms with Gasteiger partial charge in [0, 0.05) is 30.1 Å². The number of rotatable bonds is 11. The van der Waals surface area contributed by atoms with E-state index >= 15 is 0 Å². The third-order valence-electron chi connectivity index (χ3n) is 7.27. The van der Waals surface area contributed by atoms with Crippen LogP contribution in [0.15, 0.2) is 102 Å². The predicted molar refractivity (Wildman–Crippen MR) is 172 cm³/mol. The molecule has 1 unspecified atom stereocenters. The van der Waals surface area contributed by atoms with Crippen LogP contribution in [0.4, 0.5) is 5.69 Å². The van der Waals surface area contributed by atoms with Crippen LogP contribution in [0.1, 0.15) is 22.3 Å². The van der Waals surface area contributed by atoms with Crippen molar-refractivity contribution in [1.29, 1.82) is 0 Å². The Hall–Kier alpha value is -3.85. The number of aryl methyl sites for hydroxylation is 2. The van der Waals surface area contributed by atoms with Crippen LogP contribution in [0.25, 0.3) is 0 Å². The van der Waals surface area contributed by atoms with Crippen LogP contribution in [0.3, 0.4) is 0 Å². The quantitative estimate of drug-likeness (QED) is 0.212. The van der Waals surface area contributed by atoms with E-state index in [4.69, 9.17) is 23.2 Å². The third kappa shape index (κ3) is 7.76. The zero-order chi connectivity index (χ0) is 31.1. The Balaban J connectivity index is 1.81. The highest BCUT2D eigenvalue weighted by Gasteiger charge is 2.34. The molecule has 0 aliphatic carbocycles. The Morgan fingerprint density at radius 2 is 1.49 bits per heavy atom. The Labute approximate surface area is 263 Å². The van der Waals surface area contributed by atoms with E-state index in [0.29, 0.717) is 21.3 Å². The maximum absolute atomic E-state index is 14.4. The van der Waals surface area contributed by atoms with E-state index in [1.807, 2.05) is 50.2 Å². The van der Waals surface area contributed by atoms with E-state index < -0.39 is 28.5 Å². The summed E-state index contributed by atoms with van der Waals surface area (Å²) in [5.74, 6) is -0.956. The van der Waals surface area contributed by atoms with Gasteiger partial charge >= 0.3 is 0 Å². The lowest BCUT2D eigenvalue weighted by molar-refractivity contribution is -0.139. The van der Waals surface area contributed by atoms with E-state index in [-0.39, 0.29) is 23.8 Å². The van der Waals surface area contributed by atoms with Crippen LogP contribution in [-0.2, 0) is 32.6 Å². The van der Waals surface area contributed by atoms with E-state index in [1.54, 1.807) is 36.4 Å². The molecule has 0 heterocycles. The molecule has 4 rings (SSSR count). The number of carbonyl (C=O) groups is 2. The number of likely N-dealkylation sites (N-methyl/N-ethyl adjacent to an activating group) is 1. The predicted octanol–water partition coefficient (Wildman–Crippen LogP) is 6.19. The molecule has 0 spiro atoms. The Morgan fingerprint density at radius 3 is 2.12 bits per heavy atom. The highest BCUT2D eigenvalue weighted by atomic mass is 35.5. The second-order valence-electron chi connectivity index (χ2n) is 10.2. The van der Waals surface area contributed by atoms with Gasteiger partial charge in [-0.25, -0.2) is 8.42 Å². The molecule has 0 fully saturated rings. The van der Waals surface area contributed by atoms with Gasteiger partial charge in [-0.15, -0.1) is 0 Å². The molecule has 7 nitrogen and oxygen atoms in total. The number of carbonyl (C=O) groups excluding carboxylic acids is 2. The van der Waals surface area contributed by atoms with Crippen molar-refractivity contribution in [3.63, 3.8) is 0 Å². The normalized spacial score (nSPS) is 11.9. The Morgan fingerprint density at radius 1 is 0.837 bits per heavy atom. The molecule has 4 aromatic carbocycles. The molecule has 4 aromatic rings. The molecule has 0 aliphatic rings. The van der Waals surface area contributed by atoms with Gasteiger partial charge in [0.05, 0.1) is 10.6 Å². The monoisotopic (exact) mass is 637 g/mol. The van der Waals surface area contributed by atoms with Crippen molar-refractivity contribution in [2.24, 2.45) is 0 Å². The molecule has 1 atom stereocenters. The lowest BCUT2D eigenvalue weighted by Crippen LogP contribution is -2.53. The van der Waals surface area contributed by atoms with Crippen LogP contribution >= 0.6 is 23.2 Å². The number of nitrogens with zero attached hydrogens (tertiary/aromatic N) is 2. The number of benzene rings is 4. The van der Waals surface area contributed by atoms with Crippen molar-refractivity contribution in [2.75, 3.05) is 17.9 Å². The lowest BCUT2D eigenvalue weighted by Gasteiger charge is -2.34. The fourth-order valence-electron chi connectivity index (χ4n) is 4.67. The first-order valence-corrected chi connectivity index (χ1v) is 15.8. The first-order valence-electron chi connectivity index (χ1n) is 13.6.